The number of hydrogen-bond acceptors (Lipinski definition) is 2. The number of rotatable bonds is 5. The molecular weight excluding hydrogens is 120 g/mol. The molecule has 1 atom stereocenters. The minimum atomic E-state index is -0.712. The van der Waals surface area contributed by atoms with E-state index in [2.05, 4.69) is 0 Å². The molecule has 0 aliphatic heterocycles. The van der Waals surface area contributed by atoms with E-state index in [1.807, 2.05) is 0 Å². The van der Waals surface area contributed by atoms with Crippen molar-refractivity contribution in [3.8, 4) is 0 Å². The number of hydrogen-bond donors (Lipinski definition) is 2. The normalized spacial score (nSPS) is 13.7. The summed E-state index contributed by atoms with van der Waals surface area (Å²) in [6.45, 7) is -0.281. The third-order valence-corrected chi connectivity index (χ3v) is 1.14. The van der Waals surface area contributed by atoms with Gasteiger partial charge in [-0.3, -0.25) is 0 Å². The zero-order valence-corrected chi connectivity index (χ0v) is 5.42. The van der Waals surface area contributed by atoms with Crippen molar-refractivity contribution in [1.29, 1.82) is 0 Å². The Hall–Kier alpha value is -0.120. The van der Waals surface area contributed by atoms with E-state index in [1.165, 1.54) is 0 Å². The summed E-state index contributed by atoms with van der Waals surface area (Å²) in [4.78, 5) is 0. The lowest BCUT2D eigenvalue weighted by atomic mass is 10.2. The van der Waals surface area contributed by atoms with Gasteiger partial charge in [0.1, 0.15) is 6.61 Å². The highest BCUT2D eigenvalue weighted by Crippen LogP contribution is 1.98. The smallest absolute Gasteiger partial charge is 0.108 e. The Kier molecular flexibility index (Phi) is 5.93. The van der Waals surface area contributed by atoms with E-state index >= 15 is 0 Å². The van der Waals surface area contributed by atoms with Crippen molar-refractivity contribution in [2.45, 2.75) is 25.4 Å². The molecule has 0 fully saturated rings. The lowest BCUT2D eigenvalue weighted by Gasteiger charge is -2.02. The van der Waals surface area contributed by atoms with E-state index in [0.29, 0.717) is 12.8 Å². The molecule has 0 aliphatic rings. The Morgan fingerprint density at radius 2 is 2.00 bits per heavy atom. The molecule has 3 nitrogen and oxygen atoms in total. The lowest BCUT2D eigenvalue weighted by Crippen LogP contribution is -2.10. The molecule has 0 spiro atoms. The maximum absolute atomic E-state index is 9.91. The zero-order valence-electron chi connectivity index (χ0n) is 5.42. The van der Waals surface area contributed by atoms with Crippen LogP contribution in [0.3, 0.4) is 0 Å². The molecule has 1 unspecified atom stereocenters. The molecule has 0 bridgehead atoms. The molecule has 0 amide bonds. The molecule has 0 aromatic carbocycles. The molecule has 0 heterocycles. The largest absolute Gasteiger partial charge is 0.396 e. The van der Waals surface area contributed by atoms with Crippen LogP contribution in [0.5, 0.6) is 0 Å². The van der Waals surface area contributed by atoms with Gasteiger partial charge in [-0.2, -0.15) is 0 Å². The fraction of sp³-hybridized carbons (Fsp3) is 1.00. The van der Waals surface area contributed by atoms with Crippen LogP contribution in [-0.4, -0.2) is 29.5 Å². The van der Waals surface area contributed by atoms with Gasteiger partial charge in [-0.25, -0.2) is 5.11 Å². The Morgan fingerprint density at radius 3 is 2.44 bits per heavy atom. The average Bonchev–Trinajstić information content (AvgIpc) is 1.89. The summed E-state index contributed by atoms with van der Waals surface area (Å²) < 4.78 is 0. The molecule has 0 rings (SSSR count). The van der Waals surface area contributed by atoms with Gasteiger partial charge in [-0.15, -0.1) is 0 Å². The van der Waals surface area contributed by atoms with Crippen LogP contribution in [-0.2, 0) is 5.11 Å². The van der Waals surface area contributed by atoms with Crippen molar-refractivity contribution in [2.24, 2.45) is 0 Å². The molecule has 3 heteroatoms. The van der Waals surface area contributed by atoms with Gasteiger partial charge in [0, 0.05) is 6.61 Å². The molecule has 1 radical (unpaired) electrons. The van der Waals surface area contributed by atoms with Gasteiger partial charge in [-0.1, -0.05) is 0 Å². The Morgan fingerprint density at radius 1 is 1.33 bits per heavy atom. The van der Waals surface area contributed by atoms with Crippen LogP contribution in [0.15, 0.2) is 0 Å². The second kappa shape index (κ2) is 6.01. The van der Waals surface area contributed by atoms with Crippen LogP contribution in [0.4, 0.5) is 0 Å². The first kappa shape index (κ1) is 8.88. The highest BCUT2D eigenvalue weighted by Gasteiger charge is 2.00. The van der Waals surface area contributed by atoms with Crippen molar-refractivity contribution < 1.29 is 15.3 Å². The van der Waals surface area contributed by atoms with Crippen LogP contribution < -0.4 is 0 Å². The number of aliphatic hydroxyl groups excluding tert-OH is 2. The summed E-state index contributed by atoms with van der Waals surface area (Å²) in [5.41, 5.74) is 0. The van der Waals surface area contributed by atoms with Crippen molar-refractivity contribution >= 4 is 0 Å². The summed E-state index contributed by atoms with van der Waals surface area (Å²) in [7, 11) is 0. The zero-order chi connectivity index (χ0) is 7.11. The standard InChI is InChI=1S/C6H13O3/c7-4-2-1-3-6(9)5-8/h6-7,9H,1-5H2. The van der Waals surface area contributed by atoms with Crippen LogP contribution in [0.2, 0.25) is 0 Å². The van der Waals surface area contributed by atoms with Crippen molar-refractivity contribution in [1.82, 2.24) is 0 Å². The van der Waals surface area contributed by atoms with Crippen LogP contribution >= 0.6 is 0 Å². The highest BCUT2D eigenvalue weighted by atomic mass is 16.3. The third-order valence-electron chi connectivity index (χ3n) is 1.14. The second-order valence-electron chi connectivity index (χ2n) is 2.04. The van der Waals surface area contributed by atoms with E-state index in [0.717, 1.165) is 6.42 Å². The predicted molar refractivity (Wildman–Crippen MR) is 32.5 cm³/mol. The van der Waals surface area contributed by atoms with E-state index in [-0.39, 0.29) is 6.61 Å². The molecule has 0 aliphatic carbocycles. The van der Waals surface area contributed by atoms with E-state index in [1.54, 1.807) is 0 Å². The molecule has 9 heavy (non-hydrogen) atoms. The summed E-state index contributed by atoms with van der Waals surface area (Å²) in [6.07, 6.45) is 1.22. The van der Waals surface area contributed by atoms with Gasteiger partial charge in [0.2, 0.25) is 0 Å². The third kappa shape index (κ3) is 5.76. The number of unbranched alkanes of at least 4 members (excludes halogenated alkanes) is 1. The molecule has 0 saturated carbocycles. The van der Waals surface area contributed by atoms with Crippen molar-refractivity contribution in [3.05, 3.63) is 0 Å². The lowest BCUT2D eigenvalue weighted by molar-refractivity contribution is 0.0478. The first-order valence-corrected chi connectivity index (χ1v) is 3.18. The van der Waals surface area contributed by atoms with Gasteiger partial charge in [0.05, 0.1) is 6.10 Å². The first-order valence-electron chi connectivity index (χ1n) is 3.18. The maximum atomic E-state index is 9.91. The Bertz CT molecular complexity index is 56.3. The van der Waals surface area contributed by atoms with Gasteiger partial charge < -0.3 is 10.2 Å². The summed E-state index contributed by atoms with van der Waals surface area (Å²) in [5.74, 6) is 0. The van der Waals surface area contributed by atoms with E-state index in [9.17, 15) is 5.11 Å². The Labute approximate surface area is 54.9 Å². The molecule has 0 aromatic heterocycles. The van der Waals surface area contributed by atoms with Gasteiger partial charge in [0.15, 0.2) is 0 Å². The SMILES string of the molecule is [O]CC(O)CCCCO. The minimum absolute atomic E-state index is 0.144. The fourth-order valence-electron chi connectivity index (χ4n) is 0.575. The average molecular weight is 133 g/mol. The minimum Gasteiger partial charge on any atom is -0.396 e. The summed E-state index contributed by atoms with van der Waals surface area (Å²) in [6, 6.07) is 0. The van der Waals surface area contributed by atoms with Crippen LogP contribution in [0.1, 0.15) is 19.3 Å². The van der Waals surface area contributed by atoms with Crippen molar-refractivity contribution in [2.75, 3.05) is 13.2 Å². The Balaban J connectivity index is 2.88. The summed E-state index contributed by atoms with van der Waals surface area (Å²) >= 11 is 0. The van der Waals surface area contributed by atoms with Gasteiger partial charge in [-0.05, 0) is 19.3 Å². The fourth-order valence-corrected chi connectivity index (χ4v) is 0.575. The van der Waals surface area contributed by atoms with Crippen LogP contribution in [0, 0.1) is 0 Å². The highest BCUT2D eigenvalue weighted by molar-refractivity contribution is 4.51. The van der Waals surface area contributed by atoms with E-state index in [4.69, 9.17) is 10.2 Å². The molecule has 0 saturated heterocycles. The monoisotopic (exact) mass is 133 g/mol. The van der Waals surface area contributed by atoms with Gasteiger partial charge in [0.25, 0.3) is 0 Å². The van der Waals surface area contributed by atoms with Gasteiger partial charge >= 0.3 is 0 Å². The summed E-state index contributed by atoms with van der Waals surface area (Å²) in [5, 5.41) is 26.9. The van der Waals surface area contributed by atoms with Crippen LogP contribution in [0.25, 0.3) is 0 Å². The maximum Gasteiger partial charge on any atom is 0.108 e. The first-order chi connectivity index (χ1) is 4.31. The molecule has 0 aromatic rings. The molecular formula is C6H13O3. The molecule has 2 N–H and O–H groups in total. The number of aliphatic hydroxyl groups is 2. The second-order valence-corrected chi connectivity index (χ2v) is 2.04. The molecule has 55 valence electrons. The topological polar surface area (TPSA) is 60.4 Å². The van der Waals surface area contributed by atoms with E-state index < -0.39 is 12.7 Å². The quantitative estimate of drug-likeness (QED) is 0.516. The van der Waals surface area contributed by atoms with Crippen molar-refractivity contribution in [3.63, 3.8) is 0 Å². The predicted octanol–water partition coefficient (Wildman–Crippen LogP) is -0.0596.